The number of thioether (sulfide) groups is 1. The van der Waals surface area contributed by atoms with Crippen LogP contribution >= 0.6 is 39.0 Å². The molecule has 0 aliphatic carbocycles. The first kappa shape index (κ1) is 17.4. The summed E-state index contributed by atoms with van der Waals surface area (Å²) in [4.78, 5) is 4.91. The third kappa shape index (κ3) is 4.37. The SMILES string of the molecule is FC(F)(F)Cn1c(SCc2ccc(Br)s2)nnc1-c1ccncc1. The lowest BCUT2D eigenvalue weighted by Gasteiger charge is -2.12. The Morgan fingerprint density at radius 3 is 2.50 bits per heavy atom. The van der Waals surface area contributed by atoms with Gasteiger partial charge in [-0.2, -0.15) is 13.2 Å². The van der Waals surface area contributed by atoms with E-state index in [2.05, 4.69) is 31.1 Å². The van der Waals surface area contributed by atoms with E-state index in [-0.39, 0.29) is 11.0 Å². The van der Waals surface area contributed by atoms with Crippen LogP contribution in [0, 0.1) is 0 Å². The second kappa shape index (κ2) is 7.24. The fraction of sp³-hybridized carbons (Fsp3) is 0.214. The van der Waals surface area contributed by atoms with E-state index in [9.17, 15) is 13.2 Å². The van der Waals surface area contributed by atoms with Crippen molar-refractivity contribution in [2.75, 3.05) is 0 Å². The van der Waals surface area contributed by atoms with Crippen molar-refractivity contribution in [3.05, 3.63) is 45.3 Å². The number of nitrogens with zero attached hydrogens (tertiary/aromatic N) is 4. The molecule has 0 unspecified atom stereocenters. The number of thiophene rings is 1. The highest BCUT2D eigenvalue weighted by Gasteiger charge is 2.31. The van der Waals surface area contributed by atoms with Crippen LogP contribution in [0.5, 0.6) is 0 Å². The van der Waals surface area contributed by atoms with Crippen molar-refractivity contribution in [2.24, 2.45) is 0 Å². The number of hydrogen-bond donors (Lipinski definition) is 0. The Hall–Kier alpha value is -1.39. The first-order chi connectivity index (χ1) is 11.4. The van der Waals surface area contributed by atoms with E-state index in [4.69, 9.17) is 0 Å². The monoisotopic (exact) mass is 434 g/mol. The molecule has 0 fully saturated rings. The van der Waals surface area contributed by atoms with Gasteiger partial charge in [0.2, 0.25) is 0 Å². The van der Waals surface area contributed by atoms with Crippen molar-refractivity contribution in [3.63, 3.8) is 0 Å². The lowest BCUT2D eigenvalue weighted by atomic mass is 10.2. The van der Waals surface area contributed by atoms with Gasteiger partial charge in [-0.1, -0.05) is 11.8 Å². The molecule has 0 atom stereocenters. The molecule has 3 aromatic heterocycles. The maximum absolute atomic E-state index is 13.0. The van der Waals surface area contributed by atoms with Gasteiger partial charge in [-0.25, -0.2) is 0 Å². The van der Waals surface area contributed by atoms with Crippen molar-refractivity contribution < 1.29 is 13.2 Å². The Morgan fingerprint density at radius 2 is 1.88 bits per heavy atom. The van der Waals surface area contributed by atoms with Gasteiger partial charge in [0.25, 0.3) is 0 Å². The molecular weight excluding hydrogens is 425 g/mol. The molecule has 3 aromatic rings. The first-order valence-corrected chi connectivity index (χ1v) is 9.29. The minimum atomic E-state index is -4.36. The van der Waals surface area contributed by atoms with Crippen molar-refractivity contribution in [3.8, 4) is 11.4 Å². The summed E-state index contributed by atoms with van der Waals surface area (Å²) < 4.78 is 41.0. The largest absolute Gasteiger partial charge is 0.406 e. The molecule has 4 nitrogen and oxygen atoms in total. The zero-order valence-electron chi connectivity index (χ0n) is 12.0. The Morgan fingerprint density at radius 1 is 1.12 bits per heavy atom. The fourth-order valence-electron chi connectivity index (χ4n) is 2.00. The van der Waals surface area contributed by atoms with E-state index in [1.807, 2.05) is 12.1 Å². The second-order valence-corrected chi connectivity index (χ2v) is 8.23. The zero-order chi connectivity index (χ0) is 17.2. The minimum absolute atomic E-state index is 0.185. The van der Waals surface area contributed by atoms with E-state index in [1.165, 1.54) is 35.5 Å². The number of rotatable bonds is 5. The van der Waals surface area contributed by atoms with Gasteiger partial charge >= 0.3 is 6.18 Å². The van der Waals surface area contributed by atoms with E-state index < -0.39 is 12.7 Å². The number of alkyl halides is 3. The smallest absolute Gasteiger partial charge is 0.293 e. The van der Waals surface area contributed by atoms with Gasteiger partial charge in [-0.15, -0.1) is 21.5 Å². The second-order valence-electron chi connectivity index (χ2n) is 4.74. The number of pyridine rings is 1. The summed E-state index contributed by atoms with van der Waals surface area (Å²) in [6.45, 7) is -1.13. The molecule has 0 spiro atoms. The summed E-state index contributed by atoms with van der Waals surface area (Å²) in [5.74, 6) is 0.715. The average molecular weight is 435 g/mol. The van der Waals surface area contributed by atoms with Crippen molar-refractivity contribution in [1.29, 1.82) is 0 Å². The number of aromatic nitrogens is 4. The molecule has 0 aliphatic rings. The molecule has 10 heteroatoms. The van der Waals surface area contributed by atoms with Crippen LogP contribution in [0.1, 0.15) is 4.88 Å². The molecule has 0 aromatic carbocycles. The molecule has 0 N–H and O–H groups in total. The predicted octanol–water partition coefficient (Wildman–Crippen LogP) is 5.02. The van der Waals surface area contributed by atoms with Gasteiger partial charge in [0, 0.05) is 28.6 Å². The molecule has 0 amide bonds. The summed E-state index contributed by atoms with van der Waals surface area (Å²) in [5, 5.41) is 8.13. The zero-order valence-corrected chi connectivity index (χ0v) is 15.2. The van der Waals surface area contributed by atoms with Crippen LogP contribution in [-0.2, 0) is 12.3 Å². The summed E-state index contributed by atoms with van der Waals surface area (Å²) in [5.41, 5.74) is 0.549. The fourth-order valence-corrected chi connectivity index (χ4v) is 4.46. The van der Waals surface area contributed by atoms with Gasteiger partial charge in [0.15, 0.2) is 11.0 Å². The molecule has 24 heavy (non-hydrogen) atoms. The lowest BCUT2D eigenvalue weighted by molar-refractivity contribution is -0.141. The molecule has 0 saturated heterocycles. The molecule has 3 heterocycles. The van der Waals surface area contributed by atoms with E-state index in [0.29, 0.717) is 11.3 Å². The van der Waals surface area contributed by atoms with Gasteiger partial charge in [0.1, 0.15) is 6.54 Å². The molecule has 3 rings (SSSR count). The summed E-state index contributed by atoms with van der Waals surface area (Å²) >= 11 is 6.14. The number of halogens is 4. The summed E-state index contributed by atoms with van der Waals surface area (Å²) in [7, 11) is 0. The third-order valence-corrected chi connectivity index (χ3v) is 5.79. The van der Waals surface area contributed by atoms with Crippen molar-refractivity contribution in [2.45, 2.75) is 23.6 Å². The van der Waals surface area contributed by atoms with Crippen LogP contribution in [0.2, 0.25) is 0 Å². The number of hydrogen-bond acceptors (Lipinski definition) is 5. The highest BCUT2D eigenvalue weighted by atomic mass is 79.9. The van der Waals surface area contributed by atoms with Crippen molar-refractivity contribution >= 4 is 39.0 Å². The Bertz CT molecular complexity index is 817. The van der Waals surface area contributed by atoms with Crippen LogP contribution in [0.3, 0.4) is 0 Å². The molecule has 126 valence electrons. The Kier molecular flexibility index (Phi) is 5.26. The molecular formula is C14H10BrF3N4S2. The van der Waals surface area contributed by atoms with Crippen molar-refractivity contribution in [1.82, 2.24) is 19.7 Å². The van der Waals surface area contributed by atoms with E-state index in [1.54, 1.807) is 12.1 Å². The van der Waals surface area contributed by atoms with Gasteiger partial charge in [-0.05, 0) is 40.2 Å². The first-order valence-electron chi connectivity index (χ1n) is 6.70. The molecule has 0 saturated carbocycles. The molecule has 0 radical (unpaired) electrons. The Balaban J connectivity index is 1.89. The predicted molar refractivity (Wildman–Crippen MR) is 90.9 cm³/mol. The minimum Gasteiger partial charge on any atom is -0.293 e. The van der Waals surface area contributed by atoms with Gasteiger partial charge in [-0.3, -0.25) is 9.55 Å². The van der Waals surface area contributed by atoms with Crippen LogP contribution < -0.4 is 0 Å². The maximum atomic E-state index is 13.0. The topological polar surface area (TPSA) is 43.6 Å². The molecule has 0 bridgehead atoms. The molecule has 0 aliphatic heterocycles. The third-order valence-electron chi connectivity index (χ3n) is 2.97. The Labute approximate surface area is 152 Å². The normalized spacial score (nSPS) is 11.8. The standard InChI is InChI=1S/C14H10BrF3N4S2/c15-11-2-1-10(24-11)7-23-13-21-20-12(9-3-5-19-6-4-9)22(13)8-14(16,17)18/h1-6H,7-8H2. The van der Waals surface area contributed by atoms with Gasteiger partial charge in [0.05, 0.1) is 3.79 Å². The summed E-state index contributed by atoms with van der Waals surface area (Å²) in [6, 6.07) is 7.06. The van der Waals surface area contributed by atoms with Crippen LogP contribution in [0.15, 0.2) is 45.6 Å². The quantitative estimate of drug-likeness (QED) is 0.528. The maximum Gasteiger partial charge on any atom is 0.406 e. The summed E-state index contributed by atoms with van der Waals surface area (Å²) in [6.07, 6.45) is -1.33. The average Bonchev–Trinajstić information content (AvgIpc) is 3.11. The lowest BCUT2D eigenvalue weighted by Crippen LogP contribution is -2.19. The van der Waals surface area contributed by atoms with Crippen LogP contribution in [0.25, 0.3) is 11.4 Å². The highest BCUT2D eigenvalue weighted by Crippen LogP contribution is 2.32. The van der Waals surface area contributed by atoms with Crippen LogP contribution in [0.4, 0.5) is 13.2 Å². The highest BCUT2D eigenvalue weighted by molar-refractivity contribution is 9.11. The van der Waals surface area contributed by atoms with E-state index in [0.717, 1.165) is 13.2 Å². The van der Waals surface area contributed by atoms with E-state index >= 15 is 0 Å². The van der Waals surface area contributed by atoms with Crippen LogP contribution in [-0.4, -0.2) is 25.9 Å². The van der Waals surface area contributed by atoms with Gasteiger partial charge < -0.3 is 0 Å².